The number of anilines is 2. The van der Waals surface area contributed by atoms with E-state index in [2.05, 4.69) is 25.3 Å². The maximum Gasteiger partial charge on any atom is 0.417 e. The molecule has 0 radical (unpaired) electrons. The van der Waals surface area contributed by atoms with Gasteiger partial charge in [0.25, 0.3) is 5.56 Å². The summed E-state index contributed by atoms with van der Waals surface area (Å²) in [5.41, 5.74) is -0.128. The predicted molar refractivity (Wildman–Crippen MR) is 128 cm³/mol. The van der Waals surface area contributed by atoms with Gasteiger partial charge in [0.15, 0.2) is 0 Å². The first-order chi connectivity index (χ1) is 16.6. The van der Waals surface area contributed by atoms with Crippen molar-refractivity contribution in [2.75, 3.05) is 17.3 Å². The Kier molecular flexibility index (Phi) is 5.54. The van der Waals surface area contributed by atoms with Crippen molar-refractivity contribution in [2.24, 2.45) is 0 Å². The molecule has 2 fully saturated rings. The van der Waals surface area contributed by atoms with Crippen LogP contribution in [0.4, 0.5) is 21.1 Å². The average molecular weight is 503 g/mol. The van der Waals surface area contributed by atoms with E-state index in [1.54, 1.807) is 32.0 Å². The number of alkyl halides is 1. The van der Waals surface area contributed by atoms with Gasteiger partial charge in [0.05, 0.1) is 23.7 Å². The highest BCUT2D eigenvalue weighted by molar-refractivity contribution is 6.32. The molecule has 2 aliphatic rings. The molecule has 184 valence electrons. The van der Waals surface area contributed by atoms with Gasteiger partial charge in [0, 0.05) is 17.0 Å². The van der Waals surface area contributed by atoms with Crippen molar-refractivity contribution >= 4 is 40.5 Å². The Morgan fingerprint density at radius 3 is 2.66 bits per heavy atom. The van der Waals surface area contributed by atoms with Crippen molar-refractivity contribution in [1.82, 2.24) is 19.9 Å². The third-order valence-corrected chi connectivity index (χ3v) is 6.69. The molecule has 3 aromatic rings. The van der Waals surface area contributed by atoms with Crippen LogP contribution in [0.1, 0.15) is 44.1 Å². The number of aromatic nitrogens is 4. The van der Waals surface area contributed by atoms with E-state index in [9.17, 15) is 14.0 Å². The van der Waals surface area contributed by atoms with E-state index in [0.717, 1.165) is 5.39 Å². The third kappa shape index (κ3) is 4.03. The lowest BCUT2D eigenvalue weighted by atomic mass is 10.1. The molecule has 1 unspecified atom stereocenters. The molecule has 2 N–H and O–H groups in total. The number of carbonyl (C=O) groups is 1. The Morgan fingerprint density at radius 2 is 2.00 bits per heavy atom. The minimum atomic E-state index is -1.34. The van der Waals surface area contributed by atoms with Crippen LogP contribution < -0.4 is 20.5 Å². The van der Waals surface area contributed by atoms with Gasteiger partial charge in [0.1, 0.15) is 29.4 Å². The zero-order chi connectivity index (χ0) is 25.1. The van der Waals surface area contributed by atoms with Crippen molar-refractivity contribution in [1.29, 1.82) is 0 Å². The molecule has 1 amide bonds. The number of amides is 1. The van der Waals surface area contributed by atoms with E-state index in [4.69, 9.17) is 21.1 Å². The molecule has 3 atom stereocenters. The number of fused-ring (bicyclic) bond motifs is 1. The van der Waals surface area contributed by atoms with Gasteiger partial charge in [-0.2, -0.15) is 15.0 Å². The van der Waals surface area contributed by atoms with Crippen LogP contribution in [0.25, 0.3) is 10.9 Å². The fraction of sp³-hybridized carbons (Fsp3) is 0.435. The Labute approximate surface area is 204 Å². The van der Waals surface area contributed by atoms with Gasteiger partial charge >= 0.3 is 6.09 Å². The van der Waals surface area contributed by atoms with Gasteiger partial charge in [-0.1, -0.05) is 11.6 Å². The SMILES string of the molecule is COc1cc2[nH]c(=O)c([C@H](C)Nc3nc(C)nc(N4C(=O)OC5(CC5)C4[C@H](C)F)n3)cc2cc1Cl. The van der Waals surface area contributed by atoms with E-state index in [1.807, 2.05) is 0 Å². The second-order valence-electron chi connectivity index (χ2n) is 8.93. The molecule has 1 aliphatic carbocycles. The number of H-pyrrole nitrogens is 1. The van der Waals surface area contributed by atoms with Crippen molar-refractivity contribution < 1.29 is 18.7 Å². The molecule has 1 saturated carbocycles. The van der Waals surface area contributed by atoms with Crippen LogP contribution in [0, 0.1) is 6.92 Å². The van der Waals surface area contributed by atoms with Gasteiger partial charge in [-0.05, 0) is 45.7 Å². The lowest BCUT2D eigenvalue weighted by Gasteiger charge is -2.24. The van der Waals surface area contributed by atoms with Crippen LogP contribution in [0.15, 0.2) is 23.0 Å². The number of nitrogens with one attached hydrogen (secondary N) is 2. The van der Waals surface area contributed by atoms with Gasteiger partial charge in [-0.3, -0.25) is 4.79 Å². The number of nitrogens with zero attached hydrogens (tertiary/aromatic N) is 4. The summed E-state index contributed by atoms with van der Waals surface area (Å²) in [5, 5.41) is 4.23. The Hall–Kier alpha value is -3.47. The van der Waals surface area contributed by atoms with Crippen molar-refractivity contribution in [3.05, 3.63) is 45.0 Å². The number of aromatic amines is 1. The zero-order valence-electron chi connectivity index (χ0n) is 19.6. The molecular weight excluding hydrogens is 479 g/mol. The van der Waals surface area contributed by atoms with E-state index < -0.39 is 29.9 Å². The summed E-state index contributed by atoms with van der Waals surface area (Å²) in [6, 6.07) is 3.76. The summed E-state index contributed by atoms with van der Waals surface area (Å²) in [5.74, 6) is 0.922. The van der Waals surface area contributed by atoms with Crippen molar-refractivity contribution in [2.45, 2.75) is 57.5 Å². The van der Waals surface area contributed by atoms with Crippen molar-refractivity contribution in [3.8, 4) is 5.75 Å². The first-order valence-corrected chi connectivity index (χ1v) is 11.6. The maximum absolute atomic E-state index is 14.5. The summed E-state index contributed by atoms with van der Waals surface area (Å²) in [6.07, 6.45) is -0.819. The minimum Gasteiger partial charge on any atom is -0.495 e. The molecular formula is C23H24ClFN6O4. The first kappa shape index (κ1) is 23.3. The van der Waals surface area contributed by atoms with E-state index in [-0.39, 0.29) is 17.5 Å². The summed E-state index contributed by atoms with van der Waals surface area (Å²) >= 11 is 6.24. The molecule has 1 saturated heterocycles. The molecule has 2 aromatic heterocycles. The fourth-order valence-corrected chi connectivity index (χ4v) is 4.85. The van der Waals surface area contributed by atoms with Crippen LogP contribution in [0.3, 0.4) is 0 Å². The zero-order valence-corrected chi connectivity index (χ0v) is 20.3. The van der Waals surface area contributed by atoms with Crippen LogP contribution >= 0.6 is 11.6 Å². The normalized spacial score (nSPS) is 20.1. The number of ether oxygens (including phenoxy) is 2. The van der Waals surface area contributed by atoms with E-state index in [1.165, 1.54) is 18.9 Å². The maximum atomic E-state index is 14.5. The quantitative estimate of drug-likeness (QED) is 0.517. The molecule has 1 spiro atoms. The summed E-state index contributed by atoms with van der Waals surface area (Å²) in [7, 11) is 1.50. The number of rotatable bonds is 6. The lowest BCUT2D eigenvalue weighted by molar-refractivity contribution is 0.101. The monoisotopic (exact) mass is 502 g/mol. The number of methoxy groups -OCH3 is 1. The molecule has 5 rings (SSSR count). The summed E-state index contributed by atoms with van der Waals surface area (Å²) in [6.45, 7) is 4.81. The number of hydrogen-bond donors (Lipinski definition) is 2. The molecule has 10 nitrogen and oxygen atoms in total. The third-order valence-electron chi connectivity index (χ3n) is 6.39. The smallest absolute Gasteiger partial charge is 0.417 e. The molecule has 0 bridgehead atoms. The second-order valence-corrected chi connectivity index (χ2v) is 9.33. The highest BCUT2D eigenvalue weighted by Gasteiger charge is 2.65. The molecule has 35 heavy (non-hydrogen) atoms. The Balaban J connectivity index is 1.46. The summed E-state index contributed by atoms with van der Waals surface area (Å²) in [4.78, 5) is 42.3. The minimum absolute atomic E-state index is 0.00164. The van der Waals surface area contributed by atoms with Gasteiger partial charge < -0.3 is 19.8 Å². The van der Waals surface area contributed by atoms with Gasteiger partial charge in [-0.25, -0.2) is 14.1 Å². The summed E-state index contributed by atoms with van der Waals surface area (Å²) < 4.78 is 25.2. The fourth-order valence-electron chi connectivity index (χ4n) is 4.60. The van der Waals surface area contributed by atoms with Crippen LogP contribution in [0.2, 0.25) is 5.02 Å². The highest BCUT2D eigenvalue weighted by Crippen LogP contribution is 2.51. The Bertz CT molecular complexity index is 1390. The average Bonchev–Trinajstić information content (AvgIpc) is 3.48. The number of benzene rings is 1. The van der Waals surface area contributed by atoms with Gasteiger partial charge in [-0.15, -0.1) is 0 Å². The highest BCUT2D eigenvalue weighted by atomic mass is 35.5. The predicted octanol–water partition coefficient (Wildman–Crippen LogP) is 4.07. The number of halogens is 2. The number of pyridine rings is 1. The molecule has 1 aliphatic heterocycles. The second kappa shape index (κ2) is 8.33. The van der Waals surface area contributed by atoms with Gasteiger partial charge in [0.2, 0.25) is 11.9 Å². The topological polar surface area (TPSA) is 122 Å². The first-order valence-electron chi connectivity index (χ1n) is 11.2. The van der Waals surface area contributed by atoms with Crippen LogP contribution in [0.5, 0.6) is 5.75 Å². The van der Waals surface area contributed by atoms with E-state index in [0.29, 0.717) is 40.5 Å². The van der Waals surface area contributed by atoms with Crippen LogP contribution in [-0.2, 0) is 4.74 Å². The van der Waals surface area contributed by atoms with E-state index >= 15 is 0 Å². The number of hydrogen-bond acceptors (Lipinski definition) is 8. The molecule has 1 aromatic carbocycles. The van der Waals surface area contributed by atoms with Crippen molar-refractivity contribution in [3.63, 3.8) is 0 Å². The number of aryl methyl sites for hydroxylation is 1. The molecule has 12 heteroatoms. The molecule has 3 heterocycles. The van der Waals surface area contributed by atoms with Crippen LogP contribution in [-0.4, -0.2) is 51.0 Å². The lowest BCUT2D eigenvalue weighted by Crippen LogP contribution is -2.45. The Morgan fingerprint density at radius 1 is 1.26 bits per heavy atom. The largest absolute Gasteiger partial charge is 0.495 e. The number of carbonyl (C=O) groups excluding carboxylic acids is 1. The standard InChI is InChI=1S/C23H24ClFN6O4/c1-10(25)18-23(5-6-23)35-22(33)31(18)21-28-12(3)27-20(30-21)26-11(2)14-7-13-8-15(24)17(34-4)9-16(13)29-19(14)32/h7-11,18H,5-6H2,1-4H3,(H,29,32)(H,26,27,28,30)/t10-,11-,18?/m0/s1.